The van der Waals surface area contributed by atoms with E-state index in [1.165, 1.54) is 25.1 Å². The summed E-state index contributed by atoms with van der Waals surface area (Å²) in [6.07, 6.45) is 0. The SMILES string of the molecule is CC(C(=O)NCC(C)(O)c1ccc(F)cc1F)c1cccc(F)c1. The van der Waals surface area contributed by atoms with Crippen LogP contribution in [0, 0.1) is 17.5 Å². The third-order valence-corrected chi connectivity index (χ3v) is 3.86. The number of carbonyl (C=O) groups excluding carboxylic acids is 1. The van der Waals surface area contributed by atoms with E-state index in [0.29, 0.717) is 11.6 Å². The van der Waals surface area contributed by atoms with E-state index in [1.807, 2.05) is 0 Å². The second-order valence-electron chi connectivity index (χ2n) is 5.89. The summed E-state index contributed by atoms with van der Waals surface area (Å²) < 4.78 is 40.0. The van der Waals surface area contributed by atoms with Gasteiger partial charge in [-0.05, 0) is 37.6 Å². The number of halogens is 3. The maximum Gasteiger partial charge on any atom is 0.227 e. The van der Waals surface area contributed by atoms with Crippen molar-refractivity contribution in [3.8, 4) is 0 Å². The Morgan fingerprint density at radius 3 is 2.46 bits per heavy atom. The minimum absolute atomic E-state index is 0.123. The van der Waals surface area contributed by atoms with Crippen molar-refractivity contribution < 1.29 is 23.1 Å². The van der Waals surface area contributed by atoms with Gasteiger partial charge in [0.2, 0.25) is 5.91 Å². The summed E-state index contributed by atoms with van der Waals surface area (Å²) in [7, 11) is 0. The molecule has 2 N–H and O–H groups in total. The van der Waals surface area contributed by atoms with Crippen LogP contribution in [0.5, 0.6) is 0 Å². The first-order valence-electron chi connectivity index (χ1n) is 7.42. The van der Waals surface area contributed by atoms with Gasteiger partial charge in [0.1, 0.15) is 23.1 Å². The lowest BCUT2D eigenvalue weighted by molar-refractivity contribution is -0.123. The van der Waals surface area contributed by atoms with Crippen molar-refractivity contribution in [2.75, 3.05) is 6.54 Å². The van der Waals surface area contributed by atoms with Crippen LogP contribution in [0.15, 0.2) is 42.5 Å². The third-order valence-electron chi connectivity index (χ3n) is 3.86. The van der Waals surface area contributed by atoms with Crippen molar-refractivity contribution in [2.24, 2.45) is 0 Å². The Morgan fingerprint density at radius 2 is 1.83 bits per heavy atom. The van der Waals surface area contributed by atoms with E-state index < -0.39 is 34.9 Å². The number of nitrogens with one attached hydrogen (secondary N) is 1. The van der Waals surface area contributed by atoms with Gasteiger partial charge in [-0.25, -0.2) is 13.2 Å². The van der Waals surface area contributed by atoms with Crippen LogP contribution < -0.4 is 5.32 Å². The van der Waals surface area contributed by atoms with Crippen molar-refractivity contribution in [1.82, 2.24) is 5.32 Å². The molecule has 0 saturated heterocycles. The van der Waals surface area contributed by atoms with E-state index in [1.54, 1.807) is 13.0 Å². The van der Waals surface area contributed by atoms with Crippen molar-refractivity contribution in [1.29, 1.82) is 0 Å². The Bertz CT molecular complexity index is 747. The number of carbonyl (C=O) groups is 1. The first kappa shape index (κ1) is 18.0. The fourth-order valence-corrected chi connectivity index (χ4v) is 2.36. The lowest BCUT2D eigenvalue weighted by Gasteiger charge is -2.25. The van der Waals surface area contributed by atoms with Gasteiger partial charge in [0.25, 0.3) is 0 Å². The highest BCUT2D eigenvalue weighted by molar-refractivity contribution is 5.83. The molecule has 128 valence electrons. The molecule has 0 aliphatic rings. The van der Waals surface area contributed by atoms with Gasteiger partial charge in [-0.15, -0.1) is 0 Å². The predicted molar refractivity (Wildman–Crippen MR) is 83.8 cm³/mol. The number of hydrogen-bond donors (Lipinski definition) is 2. The molecule has 2 rings (SSSR count). The highest BCUT2D eigenvalue weighted by atomic mass is 19.1. The quantitative estimate of drug-likeness (QED) is 0.880. The van der Waals surface area contributed by atoms with Gasteiger partial charge in [-0.2, -0.15) is 0 Å². The lowest BCUT2D eigenvalue weighted by Crippen LogP contribution is -2.40. The second-order valence-corrected chi connectivity index (χ2v) is 5.89. The topological polar surface area (TPSA) is 49.3 Å². The van der Waals surface area contributed by atoms with Gasteiger partial charge in [-0.1, -0.05) is 18.2 Å². The summed E-state index contributed by atoms with van der Waals surface area (Å²) in [5.41, 5.74) is -1.35. The first-order chi connectivity index (χ1) is 11.2. The van der Waals surface area contributed by atoms with Gasteiger partial charge in [0.15, 0.2) is 0 Å². The molecule has 0 heterocycles. The molecule has 6 heteroatoms. The normalized spacial score (nSPS) is 14.8. The Kier molecular flexibility index (Phi) is 5.29. The number of amides is 1. The Balaban J connectivity index is 2.07. The molecular formula is C18H18F3NO2. The van der Waals surface area contributed by atoms with Crippen LogP contribution in [-0.2, 0) is 10.4 Å². The van der Waals surface area contributed by atoms with Crippen LogP contribution in [0.1, 0.15) is 30.9 Å². The molecule has 24 heavy (non-hydrogen) atoms. The van der Waals surface area contributed by atoms with Crippen LogP contribution in [-0.4, -0.2) is 17.6 Å². The molecule has 1 amide bonds. The third kappa shape index (κ3) is 4.14. The van der Waals surface area contributed by atoms with Crippen LogP contribution in [0.2, 0.25) is 0 Å². The van der Waals surface area contributed by atoms with Crippen LogP contribution in [0.3, 0.4) is 0 Å². The maximum absolute atomic E-state index is 13.8. The highest BCUT2D eigenvalue weighted by Crippen LogP contribution is 2.24. The highest BCUT2D eigenvalue weighted by Gasteiger charge is 2.28. The lowest BCUT2D eigenvalue weighted by atomic mass is 9.94. The van der Waals surface area contributed by atoms with Crippen molar-refractivity contribution in [3.05, 3.63) is 71.0 Å². The zero-order chi connectivity index (χ0) is 17.9. The number of rotatable bonds is 5. The molecular weight excluding hydrogens is 319 g/mol. The Morgan fingerprint density at radius 1 is 1.17 bits per heavy atom. The van der Waals surface area contributed by atoms with Gasteiger partial charge in [0.05, 0.1) is 12.5 Å². The first-order valence-corrected chi connectivity index (χ1v) is 7.42. The number of benzene rings is 2. The van der Waals surface area contributed by atoms with Gasteiger partial charge in [-0.3, -0.25) is 4.79 Å². The summed E-state index contributed by atoms with van der Waals surface area (Å²) in [5, 5.41) is 12.9. The van der Waals surface area contributed by atoms with Crippen LogP contribution in [0.25, 0.3) is 0 Å². The van der Waals surface area contributed by atoms with E-state index in [0.717, 1.165) is 12.1 Å². The van der Waals surface area contributed by atoms with Crippen LogP contribution >= 0.6 is 0 Å². The van der Waals surface area contributed by atoms with E-state index >= 15 is 0 Å². The zero-order valence-corrected chi connectivity index (χ0v) is 13.3. The maximum atomic E-state index is 13.8. The fraction of sp³-hybridized carbons (Fsp3) is 0.278. The molecule has 2 atom stereocenters. The van der Waals surface area contributed by atoms with E-state index in [2.05, 4.69) is 5.32 Å². The van der Waals surface area contributed by atoms with Crippen LogP contribution in [0.4, 0.5) is 13.2 Å². The van der Waals surface area contributed by atoms with E-state index in [-0.39, 0.29) is 12.1 Å². The Hall–Kier alpha value is -2.34. The van der Waals surface area contributed by atoms with Crippen molar-refractivity contribution in [2.45, 2.75) is 25.4 Å². The zero-order valence-electron chi connectivity index (χ0n) is 13.3. The predicted octanol–water partition coefficient (Wildman–Crippen LogP) is 3.23. The molecule has 3 nitrogen and oxygen atoms in total. The number of aliphatic hydroxyl groups is 1. The molecule has 2 aromatic rings. The largest absolute Gasteiger partial charge is 0.383 e. The molecule has 0 radical (unpaired) electrons. The van der Waals surface area contributed by atoms with Gasteiger partial charge in [0, 0.05) is 11.6 Å². The molecule has 0 fully saturated rings. The molecule has 0 saturated carbocycles. The van der Waals surface area contributed by atoms with Gasteiger partial charge >= 0.3 is 0 Å². The molecule has 0 aromatic heterocycles. The summed E-state index contributed by atoms with van der Waals surface area (Å²) >= 11 is 0. The molecule has 0 spiro atoms. The van der Waals surface area contributed by atoms with E-state index in [9.17, 15) is 23.1 Å². The molecule has 2 aromatic carbocycles. The fourth-order valence-electron chi connectivity index (χ4n) is 2.36. The summed E-state index contributed by atoms with van der Waals surface area (Å²) in [6.45, 7) is 2.64. The summed E-state index contributed by atoms with van der Waals surface area (Å²) in [5.74, 6) is -3.19. The van der Waals surface area contributed by atoms with E-state index in [4.69, 9.17) is 0 Å². The standard InChI is InChI=1S/C18H18F3NO2/c1-11(12-4-3-5-13(19)8-12)17(23)22-10-18(2,24)15-7-6-14(20)9-16(15)21/h3-9,11,24H,10H2,1-2H3,(H,22,23). The van der Waals surface area contributed by atoms with Crippen molar-refractivity contribution in [3.63, 3.8) is 0 Å². The second kappa shape index (κ2) is 7.05. The monoisotopic (exact) mass is 337 g/mol. The molecule has 0 bridgehead atoms. The smallest absolute Gasteiger partial charge is 0.227 e. The minimum atomic E-state index is -1.71. The molecule has 0 aliphatic heterocycles. The summed E-state index contributed by atoms with van der Waals surface area (Å²) in [6, 6.07) is 8.47. The van der Waals surface area contributed by atoms with Crippen molar-refractivity contribution >= 4 is 5.91 Å². The molecule has 2 unspecified atom stereocenters. The minimum Gasteiger partial charge on any atom is -0.383 e. The Labute approximate surface area is 138 Å². The average Bonchev–Trinajstić information content (AvgIpc) is 2.51. The average molecular weight is 337 g/mol. The van der Waals surface area contributed by atoms with Gasteiger partial charge < -0.3 is 10.4 Å². The summed E-state index contributed by atoms with van der Waals surface area (Å²) in [4.78, 5) is 12.2. The molecule has 0 aliphatic carbocycles. The number of hydrogen-bond acceptors (Lipinski definition) is 2.